The number of hydrogen-bond donors (Lipinski definition) is 3. The first-order chi connectivity index (χ1) is 16.1. The Morgan fingerprint density at radius 3 is 2.79 bits per heavy atom. The van der Waals surface area contributed by atoms with Crippen molar-refractivity contribution in [2.24, 2.45) is 0 Å². The van der Waals surface area contributed by atoms with Gasteiger partial charge in [0.1, 0.15) is 5.82 Å². The third-order valence-electron chi connectivity index (χ3n) is 5.68. The number of amides is 2. The molecule has 180 valence electrons. The Labute approximate surface area is 191 Å². The van der Waals surface area contributed by atoms with Gasteiger partial charge in [0.15, 0.2) is 11.5 Å². The fourth-order valence-electron chi connectivity index (χ4n) is 3.99. The van der Waals surface area contributed by atoms with E-state index in [0.29, 0.717) is 18.6 Å². The Morgan fingerprint density at radius 2 is 2.06 bits per heavy atom. The average Bonchev–Trinajstić information content (AvgIpc) is 3.18. The second-order valence-electron chi connectivity index (χ2n) is 8.01. The molecule has 3 aromatic rings. The minimum Gasteiger partial charge on any atom is -0.465 e. The molecule has 0 spiro atoms. The van der Waals surface area contributed by atoms with Crippen molar-refractivity contribution in [3.8, 4) is 11.3 Å². The summed E-state index contributed by atoms with van der Waals surface area (Å²) < 4.78 is 40.7. The molecule has 4 heterocycles. The number of nitrogens with one attached hydrogen (secondary N) is 1. The summed E-state index contributed by atoms with van der Waals surface area (Å²) in [5.41, 5.74) is 5.01. The van der Waals surface area contributed by atoms with Crippen LogP contribution in [0, 0.1) is 0 Å². The van der Waals surface area contributed by atoms with E-state index >= 15 is 0 Å². The predicted octanol–water partition coefficient (Wildman–Crippen LogP) is 3.64. The van der Waals surface area contributed by atoms with Gasteiger partial charge in [-0.15, -0.1) is 0 Å². The number of nitrogens with two attached hydrogens (primary N) is 1. The molecule has 13 heteroatoms. The van der Waals surface area contributed by atoms with E-state index in [1.165, 1.54) is 27.9 Å². The van der Waals surface area contributed by atoms with Gasteiger partial charge in [0.25, 0.3) is 0 Å². The van der Waals surface area contributed by atoms with Crippen LogP contribution >= 0.6 is 0 Å². The molecular weight excluding hydrogens is 455 g/mol. The van der Waals surface area contributed by atoms with Crippen LogP contribution in [0.5, 0.6) is 0 Å². The zero-order chi connectivity index (χ0) is 24.5. The Hall–Kier alpha value is -3.90. The lowest BCUT2D eigenvalue weighted by molar-refractivity contribution is -0.137. The van der Waals surface area contributed by atoms with Gasteiger partial charge < -0.3 is 21.1 Å². The van der Waals surface area contributed by atoms with Crippen LogP contribution in [0.1, 0.15) is 37.7 Å². The van der Waals surface area contributed by atoms with E-state index in [9.17, 15) is 27.9 Å². The maximum atomic E-state index is 13.1. The molecule has 1 atom stereocenters. The summed E-state index contributed by atoms with van der Waals surface area (Å²) in [7, 11) is 0. The van der Waals surface area contributed by atoms with Crippen molar-refractivity contribution >= 4 is 29.3 Å². The van der Waals surface area contributed by atoms with Gasteiger partial charge in [0.05, 0.1) is 17.5 Å². The molecule has 0 bridgehead atoms. The monoisotopic (exact) mass is 477 g/mol. The van der Waals surface area contributed by atoms with Crippen molar-refractivity contribution in [1.82, 2.24) is 24.5 Å². The zero-order valence-corrected chi connectivity index (χ0v) is 17.9. The van der Waals surface area contributed by atoms with E-state index in [1.807, 2.05) is 0 Å². The van der Waals surface area contributed by atoms with Gasteiger partial charge in [-0.25, -0.2) is 19.3 Å². The number of nitrogens with zero attached hydrogens (tertiary/aromatic N) is 5. The first-order valence-electron chi connectivity index (χ1n) is 10.6. The molecule has 1 aliphatic rings. The summed E-state index contributed by atoms with van der Waals surface area (Å²) in [6, 6.07) is 3.72. The number of hydrogen-bond acceptors (Lipinski definition) is 6. The molecule has 0 radical (unpaired) electrons. The number of aromatic nitrogens is 4. The Morgan fingerprint density at radius 1 is 1.26 bits per heavy atom. The van der Waals surface area contributed by atoms with E-state index in [0.717, 1.165) is 25.3 Å². The lowest BCUT2D eigenvalue weighted by Crippen LogP contribution is -2.43. The second kappa shape index (κ2) is 9.15. The van der Waals surface area contributed by atoms with Crippen LogP contribution in [0.4, 0.5) is 29.6 Å². The average molecular weight is 477 g/mol. The Bertz CT molecular complexity index is 1230. The molecule has 0 saturated carbocycles. The van der Waals surface area contributed by atoms with Crippen LogP contribution in [0.25, 0.3) is 16.9 Å². The molecule has 34 heavy (non-hydrogen) atoms. The van der Waals surface area contributed by atoms with Crippen molar-refractivity contribution < 1.29 is 27.9 Å². The third kappa shape index (κ3) is 5.02. The smallest absolute Gasteiger partial charge is 0.419 e. The predicted molar refractivity (Wildman–Crippen MR) is 116 cm³/mol. The van der Waals surface area contributed by atoms with Crippen molar-refractivity contribution in [2.45, 2.75) is 44.3 Å². The number of fused-ring (bicyclic) bond motifs is 1. The quantitative estimate of drug-likeness (QED) is 0.510. The molecular formula is C21H22F3N7O3. The van der Waals surface area contributed by atoms with Crippen LogP contribution in [-0.4, -0.2) is 54.2 Å². The molecule has 4 rings (SSSR count). The summed E-state index contributed by atoms with van der Waals surface area (Å²) in [6.45, 7) is 0.468. The van der Waals surface area contributed by atoms with Gasteiger partial charge in [0.2, 0.25) is 5.91 Å². The fourth-order valence-corrected chi connectivity index (χ4v) is 3.99. The molecule has 10 nitrogen and oxygen atoms in total. The zero-order valence-electron chi connectivity index (χ0n) is 17.9. The number of alkyl halides is 3. The van der Waals surface area contributed by atoms with E-state index in [2.05, 4.69) is 20.4 Å². The van der Waals surface area contributed by atoms with E-state index in [4.69, 9.17) is 5.73 Å². The van der Waals surface area contributed by atoms with Gasteiger partial charge >= 0.3 is 12.3 Å². The van der Waals surface area contributed by atoms with Crippen molar-refractivity contribution in [3.05, 3.63) is 36.2 Å². The van der Waals surface area contributed by atoms with Gasteiger partial charge in [-0.3, -0.25) is 4.79 Å². The molecule has 1 unspecified atom stereocenters. The summed E-state index contributed by atoms with van der Waals surface area (Å²) in [4.78, 5) is 33.0. The number of carbonyl (C=O) groups excluding carboxylic acids is 1. The summed E-state index contributed by atoms with van der Waals surface area (Å²) in [5.74, 6) is -0.721. The molecule has 3 aromatic heterocycles. The largest absolute Gasteiger partial charge is 0.465 e. The maximum Gasteiger partial charge on any atom is 0.419 e. The standard InChI is InChI=1S/C21H22F3N7O3/c22-21(23,24)14-9-12(10-26-19(14)25)15-5-6-17-27-16(11-31(17)29-15)28-18(32)7-4-13-3-1-2-8-30(13)20(33)34/h5-6,9-11,13H,1-4,7-8H2,(H2,25,26)(H,28,32)(H,33,34). The minimum absolute atomic E-state index is 0.123. The normalized spacial score (nSPS) is 16.6. The van der Waals surface area contributed by atoms with E-state index in [-0.39, 0.29) is 35.4 Å². The van der Waals surface area contributed by atoms with Gasteiger partial charge in [0, 0.05) is 30.8 Å². The molecule has 1 aliphatic heterocycles. The van der Waals surface area contributed by atoms with Gasteiger partial charge in [-0.1, -0.05) is 0 Å². The number of carboxylic acid groups (broad SMARTS) is 1. The molecule has 4 N–H and O–H groups in total. The number of pyridine rings is 1. The molecule has 1 saturated heterocycles. The number of rotatable bonds is 5. The number of nitrogen functional groups attached to an aromatic ring is 1. The first kappa shape index (κ1) is 23.3. The van der Waals surface area contributed by atoms with Crippen molar-refractivity contribution in [2.75, 3.05) is 17.6 Å². The maximum absolute atomic E-state index is 13.1. The summed E-state index contributed by atoms with van der Waals surface area (Å²) in [5, 5.41) is 16.2. The van der Waals surface area contributed by atoms with Gasteiger partial charge in [-0.2, -0.15) is 18.3 Å². The van der Waals surface area contributed by atoms with E-state index < -0.39 is 23.7 Å². The minimum atomic E-state index is -4.65. The van der Waals surface area contributed by atoms with Crippen LogP contribution in [0.15, 0.2) is 30.6 Å². The fraction of sp³-hybridized carbons (Fsp3) is 0.381. The molecule has 0 aromatic carbocycles. The van der Waals surface area contributed by atoms with Crippen LogP contribution in [0.3, 0.4) is 0 Å². The highest BCUT2D eigenvalue weighted by Gasteiger charge is 2.34. The Balaban J connectivity index is 1.45. The Kier molecular flexibility index (Phi) is 6.26. The van der Waals surface area contributed by atoms with Crippen LogP contribution < -0.4 is 11.1 Å². The second-order valence-corrected chi connectivity index (χ2v) is 8.01. The number of halogens is 3. The summed E-state index contributed by atoms with van der Waals surface area (Å²) in [6.07, 6.45) is -0.0110. The molecule has 1 fully saturated rings. The number of likely N-dealkylation sites (tertiary alicyclic amines) is 1. The highest BCUT2D eigenvalue weighted by Crippen LogP contribution is 2.34. The lowest BCUT2D eigenvalue weighted by atomic mass is 9.98. The van der Waals surface area contributed by atoms with Crippen molar-refractivity contribution in [3.63, 3.8) is 0 Å². The topological polar surface area (TPSA) is 139 Å². The van der Waals surface area contributed by atoms with Gasteiger partial charge in [-0.05, 0) is 43.9 Å². The number of imidazole rings is 1. The highest BCUT2D eigenvalue weighted by molar-refractivity contribution is 5.90. The lowest BCUT2D eigenvalue weighted by Gasteiger charge is -2.33. The number of piperidine rings is 1. The number of carbonyl (C=O) groups is 2. The highest BCUT2D eigenvalue weighted by atomic mass is 19.4. The third-order valence-corrected chi connectivity index (χ3v) is 5.68. The van der Waals surface area contributed by atoms with E-state index in [1.54, 1.807) is 6.07 Å². The van der Waals surface area contributed by atoms with Crippen LogP contribution in [0.2, 0.25) is 0 Å². The molecule has 0 aliphatic carbocycles. The summed E-state index contributed by atoms with van der Waals surface area (Å²) >= 11 is 0. The van der Waals surface area contributed by atoms with Crippen molar-refractivity contribution in [1.29, 1.82) is 0 Å². The SMILES string of the molecule is Nc1ncc(-c2ccc3nc(NC(=O)CCC4CCCCN4C(=O)O)cn3n2)cc1C(F)(F)F. The van der Waals surface area contributed by atoms with Crippen LogP contribution in [-0.2, 0) is 11.0 Å². The first-order valence-corrected chi connectivity index (χ1v) is 10.6. The number of anilines is 2. The molecule has 2 amide bonds.